The molecule has 0 bridgehead atoms. The van der Waals surface area contributed by atoms with Crippen molar-refractivity contribution in [3.05, 3.63) is 76.0 Å². The molecule has 0 unspecified atom stereocenters. The summed E-state index contributed by atoms with van der Waals surface area (Å²) in [5, 5.41) is 0. The quantitative estimate of drug-likeness (QED) is 0.717. The van der Waals surface area contributed by atoms with Crippen LogP contribution in [0.5, 0.6) is 0 Å². The van der Waals surface area contributed by atoms with E-state index in [-0.39, 0.29) is 18.9 Å². The number of nitrogens with zero attached hydrogens (tertiary/aromatic N) is 1. The molecule has 0 fully saturated rings. The summed E-state index contributed by atoms with van der Waals surface area (Å²) in [5.41, 5.74) is 6.42. The standard InChI is InChI=1S/C19H18BrFN2O2/c20-16-7-8-17(21)15(12-16)6-9-19(25)23(11-10-18(22)24)13-14-4-2-1-3-5-14/h1-9,12H,10-11,13H2,(H2,22,24). The van der Waals surface area contributed by atoms with Gasteiger partial charge in [-0.2, -0.15) is 0 Å². The van der Waals surface area contributed by atoms with Gasteiger partial charge in [-0.05, 0) is 29.8 Å². The molecule has 0 aliphatic rings. The molecule has 0 aliphatic heterocycles. The number of amides is 2. The summed E-state index contributed by atoms with van der Waals surface area (Å²) in [6.07, 6.45) is 2.79. The highest BCUT2D eigenvalue weighted by atomic mass is 79.9. The Morgan fingerprint density at radius 2 is 1.88 bits per heavy atom. The van der Waals surface area contributed by atoms with Crippen LogP contribution in [0.25, 0.3) is 6.08 Å². The first-order valence-electron chi connectivity index (χ1n) is 7.70. The van der Waals surface area contributed by atoms with Crippen molar-refractivity contribution < 1.29 is 14.0 Å². The van der Waals surface area contributed by atoms with Crippen LogP contribution in [-0.4, -0.2) is 23.3 Å². The molecule has 2 amide bonds. The van der Waals surface area contributed by atoms with Gasteiger partial charge in [0.25, 0.3) is 0 Å². The predicted molar refractivity (Wildman–Crippen MR) is 98.8 cm³/mol. The smallest absolute Gasteiger partial charge is 0.246 e. The first-order chi connectivity index (χ1) is 12.0. The van der Waals surface area contributed by atoms with Crippen molar-refractivity contribution in [3.63, 3.8) is 0 Å². The Kier molecular flexibility index (Phi) is 6.89. The van der Waals surface area contributed by atoms with Crippen molar-refractivity contribution in [2.75, 3.05) is 6.54 Å². The van der Waals surface area contributed by atoms with E-state index in [1.54, 1.807) is 12.1 Å². The van der Waals surface area contributed by atoms with E-state index in [4.69, 9.17) is 5.73 Å². The molecule has 0 heterocycles. The van der Waals surface area contributed by atoms with Crippen molar-refractivity contribution in [1.29, 1.82) is 0 Å². The lowest BCUT2D eigenvalue weighted by molar-refractivity contribution is -0.127. The number of hydrogen-bond acceptors (Lipinski definition) is 2. The van der Waals surface area contributed by atoms with Gasteiger partial charge in [0, 0.05) is 35.6 Å². The van der Waals surface area contributed by atoms with Gasteiger partial charge in [-0.25, -0.2) is 4.39 Å². The molecule has 4 nitrogen and oxygen atoms in total. The minimum atomic E-state index is -0.479. The summed E-state index contributed by atoms with van der Waals surface area (Å²) in [7, 11) is 0. The van der Waals surface area contributed by atoms with Crippen molar-refractivity contribution in [3.8, 4) is 0 Å². The van der Waals surface area contributed by atoms with E-state index in [9.17, 15) is 14.0 Å². The van der Waals surface area contributed by atoms with Crippen LogP contribution in [0.15, 0.2) is 59.1 Å². The van der Waals surface area contributed by atoms with Gasteiger partial charge in [0.2, 0.25) is 11.8 Å². The number of halogens is 2. The first kappa shape index (κ1) is 18.9. The van der Waals surface area contributed by atoms with Crippen LogP contribution in [0.1, 0.15) is 17.5 Å². The fraction of sp³-hybridized carbons (Fsp3) is 0.158. The van der Waals surface area contributed by atoms with Gasteiger partial charge in [0.15, 0.2) is 0 Å². The maximum Gasteiger partial charge on any atom is 0.246 e. The first-order valence-corrected chi connectivity index (χ1v) is 8.49. The number of nitrogens with two attached hydrogens (primary N) is 1. The average molecular weight is 405 g/mol. The van der Waals surface area contributed by atoms with Gasteiger partial charge < -0.3 is 10.6 Å². The molecule has 0 aliphatic carbocycles. The normalized spacial score (nSPS) is 10.8. The molecule has 0 saturated heterocycles. The van der Waals surface area contributed by atoms with Crippen LogP contribution >= 0.6 is 15.9 Å². The molecular formula is C19H18BrFN2O2. The summed E-state index contributed by atoms with van der Waals surface area (Å²) in [5.74, 6) is -1.21. The lowest BCUT2D eigenvalue weighted by atomic mass is 10.1. The van der Waals surface area contributed by atoms with Gasteiger partial charge >= 0.3 is 0 Å². The minimum absolute atomic E-state index is 0.0671. The molecule has 0 saturated carbocycles. The Hall–Kier alpha value is -2.47. The van der Waals surface area contributed by atoms with E-state index in [1.165, 1.54) is 23.1 Å². The number of hydrogen-bond donors (Lipinski definition) is 1. The number of primary amides is 1. The van der Waals surface area contributed by atoms with E-state index < -0.39 is 11.7 Å². The second-order valence-electron chi connectivity index (χ2n) is 5.46. The molecule has 2 rings (SSSR count). The summed E-state index contributed by atoms with van der Waals surface area (Å²) in [4.78, 5) is 25.0. The third kappa shape index (κ3) is 6.15. The van der Waals surface area contributed by atoms with E-state index in [0.717, 1.165) is 10.0 Å². The van der Waals surface area contributed by atoms with Crippen LogP contribution < -0.4 is 5.73 Å². The van der Waals surface area contributed by atoms with Crippen molar-refractivity contribution >= 4 is 33.8 Å². The zero-order valence-corrected chi connectivity index (χ0v) is 15.1. The van der Waals surface area contributed by atoms with E-state index >= 15 is 0 Å². The van der Waals surface area contributed by atoms with Gasteiger partial charge in [0.05, 0.1) is 0 Å². The third-order valence-corrected chi connectivity index (χ3v) is 4.01. The second-order valence-corrected chi connectivity index (χ2v) is 6.38. The third-order valence-electron chi connectivity index (χ3n) is 3.52. The van der Waals surface area contributed by atoms with Crippen molar-refractivity contribution in [1.82, 2.24) is 4.90 Å². The van der Waals surface area contributed by atoms with E-state index in [0.29, 0.717) is 12.1 Å². The van der Waals surface area contributed by atoms with Gasteiger partial charge in [-0.1, -0.05) is 46.3 Å². The van der Waals surface area contributed by atoms with Gasteiger partial charge in [0.1, 0.15) is 5.82 Å². The molecule has 0 spiro atoms. The summed E-state index contributed by atoms with van der Waals surface area (Å²) >= 11 is 3.27. The molecule has 2 aromatic carbocycles. The van der Waals surface area contributed by atoms with Crippen LogP contribution in [0.3, 0.4) is 0 Å². The van der Waals surface area contributed by atoms with Gasteiger partial charge in [-0.15, -0.1) is 0 Å². The average Bonchev–Trinajstić information content (AvgIpc) is 2.59. The van der Waals surface area contributed by atoms with Crippen LogP contribution in [0.2, 0.25) is 0 Å². The van der Waals surface area contributed by atoms with Crippen molar-refractivity contribution in [2.45, 2.75) is 13.0 Å². The summed E-state index contributed by atoms with van der Waals surface area (Å²) < 4.78 is 14.5. The molecule has 130 valence electrons. The zero-order chi connectivity index (χ0) is 18.2. The molecule has 6 heteroatoms. The lowest BCUT2D eigenvalue weighted by Crippen LogP contribution is -2.32. The molecule has 2 N–H and O–H groups in total. The molecule has 2 aromatic rings. The molecule has 0 radical (unpaired) electrons. The topological polar surface area (TPSA) is 63.4 Å². The molecular weight excluding hydrogens is 387 g/mol. The molecule has 0 atom stereocenters. The highest BCUT2D eigenvalue weighted by Crippen LogP contribution is 2.17. The minimum Gasteiger partial charge on any atom is -0.370 e. The van der Waals surface area contributed by atoms with Crippen LogP contribution in [0.4, 0.5) is 4.39 Å². The highest BCUT2D eigenvalue weighted by Gasteiger charge is 2.13. The predicted octanol–water partition coefficient (Wildman–Crippen LogP) is 3.51. The fourth-order valence-electron chi connectivity index (χ4n) is 2.22. The van der Waals surface area contributed by atoms with E-state index in [1.807, 2.05) is 30.3 Å². The molecule has 0 aromatic heterocycles. The maximum absolute atomic E-state index is 13.8. The molecule has 25 heavy (non-hydrogen) atoms. The highest BCUT2D eigenvalue weighted by molar-refractivity contribution is 9.10. The number of rotatable bonds is 7. The van der Waals surface area contributed by atoms with Crippen molar-refractivity contribution in [2.24, 2.45) is 5.73 Å². The number of carbonyl (C=O) groups excluding carboxylic acids is 2. The Morgan fingerprint density at radius 1 is 1.16 bits per heavy atom. The van der Waals surface area contributed by atoms with Crippen LogP contribution in [-0.2, 0) is 16.1 Å². The maximum atomic E-state index is 13.8. The number of benzene rings is 2. The lowest BCUT2D eigenvalue weighted by Gasteiger charge is -2.20. The van der Waals surface area contributed by atoms with Gasteiger partial charge in [-0.3, -0.25) is 9.59 Å². The fourth-order valence-corrected chi connectivity index (χ4v) is 2.60. The monoisotopic (exact) mass is 404 g/mol. The summed E-state index contributed by atoms with van der Waals surface area (Å²) in [6, 6.07) is 13.9. The van der Waals surface area contributed by atoms with E-state index in [2.05, 4.69) is 15.9 Å². The Balaban J connectivity index is 2.14. The largest absolute Gasteiger partial charge is 0.370 e. The second kappa shape index (κ2) is 9.13. The Labute approximate surface area is 154 Å². The summed E-state index contributed by atoms with van der Waals surface area (Å²) in [6.45, 7) is 0.548. The Morgan fingerprint density at radius 3 is 2.56 bits per heavy atom. The van der Waals surface area contributed by atoms with Crippen LogP contribution in [0, 0.1) is 5.82 Å². The Bertz CT molecular complexity index is 778. The zero-order valence-electron chi connectivity index (χ0n) is 13.5. The number of carbonyl (C=O) groups is 2. The SMILES string of the molecule is NC(=O)CCN(Cc1ccccc1)C(=O)C=Cc1cc(Br)ccc1F.